The SMILES string of the molecule is CCOC(=O)c1ncn2cc(C)c(=O)[nH]c12. The number of hydrogen-bond donors (Lipinski definition) is 1. The molecule has 0 aliphatic rings. The molecule has 0 saturated heterocycles. The molecule has 0 spiro atoms. The summed E-state index contributed by atoms with van der Waals surface area (Å²) in [6.07, 6.45) is 3.08. The monoisotopic (exact) mass is 221 g/mol. The molecule has 0 amide bonds. The molecular formula is C10H11N3O3. The van der Waals surface area contributed by atoms with E-state index in [0.29, 0.717) is 11.2 Å². The van der Waals surface area contributed by atoms with Gasteiger partial charge in [-0.1, -0.05) is 0 Å². The van der Waals surface area contributed by atoms with Gasteiger partial charge in [-0.25, -0.2) is 9.78 Å². The summed E-state index contributed by atoms with van der Waals surface area (Å²) in [5.41, 5.74) is 0.798. The third-order valence-electron chi connectivity index (χ3n) is 2.19. The van der Waals surface area contributed by atoms with E-state index in [1.165, 1.54) is 6.33 Å². The Kier molecular flexibility index (Phi) is 2.47. The van der Waals surface area contributed by atoms with Gasteiger partial charge in [0.1, 0.15) is 6.33 Å². The molecule has 0 bridgehead atoms. The molecule has 1 N–H and O–H groups in total. The smallest absolute Gasteiger partial charge is 0.360 e. The van der Waals surface area contributed by atoms with Crippen molar-refractivity contribution in [2.45, 2.75) is 13.8 Å². The van der Waals surface area contributed by atoms with Gasteiger partial charge in [-0.05, 0) is 13.8 Å². The topological polar surface area (TPSA) is 76.5 Å². The lowest BCUT2D eigenvalue weighted by Gasteiger charge is -1.99. The van der Waals surface area contributed by atoms with Gasteiger partial charge >= 0.3 is 5.97 Å². The number of nitrogens with one attached hydrogen (secondary N) is 1. The first-order valence-electron chi connectivity index (χ1n) is 4.87. The Bertz CT molecular complexity index is 597. The highest BCUT2D eigenvalue weighted by Gasteiger charge is 2.15. The molecule has 6 nitrogen and oxygen atoms in total. The molecular weight excluding hydrogens is 210 g/mol. The second-order valence-electron chi connectivity index (χ2n) is 3.34. The van der Waals surface area contributed by atoms with Gasteiger partial charge in [-0.15, -0.1) is 0 Å². The van der Waals surface area contributed by atoms with Crippen molar-refractivity contribution < 1.29 is 9.53 Å². The first kappa shape index (κ1) is 10.4. The van der Waals surface area contributed by atoms with Crippen LogP contribution in [0.5, 0.6) is 0 Å². The van der Waals surface area contributed by atoms with Crippen molar-refractivity contribution in [2.24, 2.45) is 0 Å². The molecule has 16 heavy (non-hydrogen) atoms. The predicted octanol–water partition coefficient (Wildman–Crippen LogP) is 0.508. The highest BCUT2D eigenvalue weighted by molar-refractivity contribution is 5.93. The maximum absolute atomic E-state index is 11.5. The molecule has 6 heteroatoms. The van der Waals surface area contributed by atoms with Crippen molar-refractivity contribution >= 4 is 11.6 Å². The minimum Gasteiger partial charge on any atom is -0.461 e. The van der Waals surface area contributed by atoms with Crippen molar-refractivity contribution in [3.05, 3.63) is 34.1 Å². The summed E-state index contributed by atoms with van der Waals surface area (Å²) in [7, 11) is 0. The Labute approximate surface area is 90.9 Å². The zero-order chi connectivity index (χ0) is 11.7. The maximum Gasteiger partial charge on any atom is 0.360 e. The van der Waals surface area contributed by atoms with Crippen LogP contribution in [0.1, 0.15) is 23.0 Å². The minimum absolute atomic E-state index is 0.124. The number of aryl methyl sites for hydroxylation is 1. The molecule has 0 radical (unpaired) electrons. The van der Waals surface area contributed by atoms with Gasteiger partial charge in [0.05, 0.1) is 6.61 Å². The Morgan fingerprint density at radius 1 is 1.62 bits per heavy atom. The van der Waals surface area contributed by atoms with Crippen LogP contribution in [-0.4, -0.2) is 26.9 Å². The van der Waals surface area contributed by atoms with Gasteiger partial charge in [-0.3, -0.25) is 9.20 Å². The molecule has 0 aliphatic heterocycles. The van der Waals surface area contributed by atoms with E-state index in [0.717, 1.165) is 0 Å². The summed E-state index contributed by atoms with van der Waals surface area (Å²) >= 11 is 0. The van der Waals surface area contributed by atoms with E-state index >= 15 is 0 Å². The van der Waals surface area contributed by atoms with Crippen molar-refractivity contribution in [2.75, 3.05) is 6.61 Å². The first-order chi connectivity index (χ1) is 7.63. The number of nitrogens with zero attached hydrogens (tertiary/aromatic N) is 2. The van der Waals surface area contributed by atoms with Gasteiger partial charge in [0.25, 0.3) is 5.56 Å². The number of aromatic amines is 1. The van der Waals surface area contributed by atoms with Gasteiger partial charge in [0, 0.05) is 11.8 Å². The Balaban J connectivity index is 2.60. The number of rotatable bonds is 2. The molecule has 0 saturated carbocycles. The number of ether oxygens (including phenoxy) is 1. The van der Waals surface area contributed by atoms with Crippen LogP contribution in [0, 0.1) is 6.92 Å². The summed E-state index contributed by atoms with van der Waals surface area (Å²) in [6, 6.07) is 0. The van der Waals surface area contributed by atoms with Crippen molar-refractivity contribution in [3.63, 3.8) is 0 Å². The van der Waals surface area contributed by atoms with E-state index in [4.69, 9.17) is 4.74 Å². The van der Waals surface area contributed by atoms with Crippen LogP contribution in [0.4, 0.5) is 0 Å². The lowest BCUT2D eigenvalue weighted by Crippen LogP contribution is -2.13. The van der Waals surface area contributed by atoms with E-state index in [1.807, 2.05) is 0 Å². The molecule has 0 unspecified atom stereocenters. The fourth-order valence-corrected chi connectivity index (χ4v) is 1.40. The van der Waals surface area contributed by atoms with Gasteiger partial charge in [0.15, 0.2) is 11.3 Å². The summed E-state index contributed by atoms with van der Waals surface area (Å²) in [4.78, 5) is 29.4. The second-order valence-corrected chi connectivity index (χ2v) is 3.34. The van der Waals surface area contributed by atoms with Crippen LogP contribution in [0.2, 0.25) is 0 Å². The highest BCUT2D eigenvalue weighted by Crippen LogP contribution is 2.06. The van der Waals surface area contributed by atoms with Gasteiger partial charge in [0.2, 0.25) is 0 Å². The molecule has 0 atom stereocenters. The minimum atomic E-state index is -0.537. The first-order valence-corrected chi connectivity index (χ1v) is 4.87. The van der Waals surface area contributed by atoms with E-state index in [1.54, 1.807) is 24.4 Å². The van der Waals surface area contributed by atoms with E-state index in [9.17, 15) is 9.59 Å². The molecule has 2 heterocycles. The number of aromatic nitrogens is 3. The molecule has 0 fully saturated rings. The number of fused-ring (bicyclic) bond motifs is 1. The van der Waals surface area contributed by atoms with Gasteiger partial charge < -0.3 is 9.72 Å². The van der Waals surface area contributed by atoms with Crippen LogP contribution in [0.15, 0.2) is 17.3 Å². The van der Waals surface area contributed by atoms with Crippen molar-refractivity contribution in [1.29, 1.82) is 0 Å². The number of imidazole rings is 1. The van der Waals surface area contributed by atoms with E-state index in [-0.39, 0.29) is 17.9 Å². The Morgan fingerprint density at radius 2 is 2.38 bits per heavy atom. The number of carbonyl (C=O) groups excluding carboxylic acids is 1. The average Bonchev–Trinajstić information content (AvgIpc) is 2.62. The lowest BCUT2D eigenvalue weighted by atomic mass is 10.4. The lowest BCUT2D eigenvalue weighted by molar-refractivity contribution is 0.0522. The standard InChI is InChI=1S/C10H11N3O3/c1-3-16-10(15)7-8-12-9(14)6(2)4-13(8)5-11-7/h4-5H,3H2,1-2H3,(H,12,14). The fourth-order valence-electron chi connectivity index (χ4n) is 1.40. The summed E-state index contributed by atoms with van der Waals surface area (Å²) < 4.78 is 6.41. The van der Waals surface area contributed by atoms with Crippen molar-refractivity contribution in [3.8, 4) is 0 Å². The normalized spacial score (nSPS) is 10.6. The fraction of sp³-hybridized carbons (Fsp3) is 0.300. The molecule has 0 aliphatic carbocycles. The quantitative estimate of drug-likeness (QED) is 0.749. The Morgan fingerprint density at radius 3 is 3.06 bits per heavy atom. The average molecular weight is 221 g/mol. The van der Waals surface area contributed by atoms with E-state index in [2.05, 4.69) is 9.97 Å². The zero-order valence-corrected chi connectivity index (χ0v) is 8.98. The summed E-state index contributed by atoms with van der Waals surface area (Å²) in [6.45, 7) is 3.67. The largest absolute Gasteiger partial charge is 0.461 e. The summed E-state index contributed by atoms with van der Waals surface area (Å²) in [5.74, 6) is -0.537. The van der Waals surface area contributed by atoms with Crippen LogP contribution in [0.25, 0.3) is 5.65 Å². The molecule has 0 aromatic carbocycles. The van der Waals surface area contributed by atoms with Crippen molar-refractivity contribution in [1.82, 2.24) is 14.4 Å². The summed E-state index contributed by atoms with van der Waals surface area (Å²) in [5, 5.41) is 0. The van der Waals surface area contributed by atoms with Crippen LogP contribution < -0.4 is 5.56 Å². The number of hydrogen-bond acceptors (Lipinski definition) is 4. The Hall–Kier alpha value is -2.11. The third-order valence-corrected chi connectivity index (χ3v) is 2.19. The molecule has 2 aromatic heterocycles. The third kappa shape index (κ3) is 1.58. The highest BCUT2D eigenvalue weighted by atomic mass is 16.5. The zero-order valence-electron chi connectivity index (χ0n) is 8.98. The molecule has 2 aromatic rings. The van der Waals surface area contributed by atoms with Crippen LogP contribution >= 0.6 is 0 Å². The number of esters is 1. The van der Waals surface area contributed by atoms with Crippen LogP contribution in [0.3, 0.4) is 0 Å². The maximum atomic E-state index is 11.5. The molecule has 2 rings (SSSR count). The van der Waals surface area contributed by atoms with Crippen LogP contribution in [-0.2, 0) is 4.74 Å². The molecule has 84 valence electrons. The second kappa shape index (κ2) is 3.80. The predicted molar refractivity (Wildman–Crippen MR) is 56.5 cm³/mol. The number of carbonyl (C=O) groups is 1. The van der Waals surface area contributed by atoms with Gasteiger partial charge in [-0.2, -0.15) is 0 Å². The number of H-pyrrole nitrogens is 1. The van der Waals surface area contributed by atoms with E-state index < -0.39 is 5.97 Å².